The van der Waals surface area contributed by atoms with Gasteiger partial charge in [-0.05, 0) is 13.3 Å². The molecule has 2 aromatic heterocycles. The van der Waals surface area contributed by atoms with Gasteiger partial charge >= 0.3 is 0 Å². The molecule has 4 rings (SSSR count). The van der Waals surface area contributed by atoms with E-state index in [0.29, 0.717) is 30.8 Å². The summed E-state index contributed by atoms with van der Waals surface area (Å²) in [5.74, 6) is -0.00804. The molecule has 10 heteroatoms. The maximum Gasteiger partial charge on any atom is 0.270 e. The van der Waals surface area contributed by atoms with E-state index in [-0.39, 0.29) is 23.6 Å². The Morgan fingerprint density at radius 2 is 1.94 bits per heavy atom. The van der Waals surface area contributed by atoms with Gasteiger partial charge in [-0.15, -0.1) is 11.3 Å². The second kappa shape index (κ2) is 12.9. The van der Waals surface area contributed by atoms with Crippen LogP contribution in [0.3, 0.4) is 0 Å². The molecule has 0 aromatic carbocycles. The molecular formula is C24H33N7O2S. The van der Waals surface area contributed by atoms with Gasteiger partial charge in [-0.3, -0.25) is 14.6 Å². The maximum absolute atomic E-state index is 12.7. The summed E-state index contributed by atoms with van der Waals surface area (Å²) < 4.78 is 0. The summed E-state index contributed by atoms with van der Waals surface area (Å²) in [5, 5.41) is 9.50. The summed E-state index contributed by atoms with van der Waals surface area (Å²) >= 11 is 1.49. The molecule has 0 saturated heterocycles. The number of thiazole rings is 1. The van der Waals surface area contributed by atoms with Gasteiger partial charge in [0.15, 0.2) is 0 Å². The lowest BCUT2D eigenvalue weighted by atomic mass is 10.0. The maximum atomic E-state index is 12.7. The van der Waals surface area contributed by atoms with Crippen molar-refractivity contribution in [3.63, 3.8) is 0 Å². The van der Waals surface area contributed by atoms with Crippen molar-refractivity contribution in [2.24, 2.45) is 4.99 Å². The van der Waals surface area contributed by atoms with Gasteiger partial charge < -0.3 is 16.0 Å². The summed E-state index contributed by atoms with van der Waals surface area (Å²) in [7, 11) is 0. The Balaban J connectivity index is 0.000000406. The molecule has 3 N–H and O–H groups in total. The number of amides is 2. The first kappa shape index (κ1) is 25.5. The summed E-state index contributed by atoms with van der Waals surface area (Å²) in [6, 6.07) is -0.285. The Morgan fingerprint density at radius 1 is 1.15 bits per heavy atom. The average molecular weight is 484 g/mol. The molecule has 182 valence electrons. The van der Waals surface area contributed by atoms with E-state index in [1.807, 2.05) is 6.92 Å². The molecule has 2 aliphatic rings. The molecule has 0 fully saturated rings. The third-order valence-electron chi connectivity index (χ3n) is 5.45. The zero-order chi connectivity index (χ0) is 24.3. The number of aliphatic imine (C=N–C) groups is 1. The van der Waals surface area contributed by atoms with Crippen molar-refractivity contribution >= 4 is 34.7 Å². The lowest BCUT2D eigenvalue weighted by molar-refractivity contribution is -0.116. The molecule has 2 aromatic rings. The number of fused-ring (bicyclic) bond motifs is 1. The van der Waals surface area contributed by atoms with Crippen LogP contribution in [0.5, 0.6) is 0 Å². The SMILES string of the molecule is CC(NC(=O)c1ncnc2c1CCC(=O)N2)c1ncc(C2=NC=CNC2)s1.CCCCCCC. The van der Waals surface area contributed by atoms with Crippen LogP contribution in [0.4, 0.5) is 5.82 Å². The van der Waals surface area contributed by atoms with Gasteiger partial charge in [0, 0.05) is 30.6 Å². The average Bonchev–Trinajstić information content (AvgIpc) is 3.35. The molecule has 0 aliphatic carbocycles. The van der Waals surface area contributed by atoms with Crippen molar-refractivity contribution in [3.8, 4) is 0 Å². The van der Waals surface area contributed by atoms with E-state index < -0.39 is 0 Å². The van der Waals surface area contributed by atoms with Gasteiger partial charge in [-0.2, -0.15) is 0 Å². The molecule has 0 spiro atoms. The Kier molecular flexibility index (Phi) is 9.69. The van der Waals surface area contributed by atoms with Crippen LogP contribution in [0, 0.1) is 0 Å². The minimum Gasteiger partial charge on any atom is -0.384 e. The first-order valence-electron chi connectivity index (χ1n) is 11.9. The van der Waals surface area contributed by atoms with Crippen LogP contribution >= 0.6 is 11.3 Å². The standard InChI is InChI=1S/C17H17N7O2S.C7H16/c1-9(17-20-7-12(27-17)11-6-18-4-5-19-11)23-16(26)14-10-2-3-13(25)24-15(10)22-8-21-14;1-3-5-7-6-4-2/h4-5,7-9,18H,2-3,6H2,1H3,(H,23,26)(H,21,22,24,25);3-7H2,1-2H3. The number of carbonyl (C=O) groups is 2. The van der Waals surface area contributed by atoms with Crippen LogP contribution < -0.4 is 16.0 Å². The van der Waals surface area contributed by atoms with Gasteiger partial charge in [-0.25, -0.2) is 15.0 Å². The van der Waals surface area contributed by atoms with Crippen molar-refractivity contribution in [2.75, 3.05) is 11.9 Å². The lowest BCUT2D eigenvalue weighted by Gasteiger charge is -2.18. The van der Waals surface area contributed by atoms with Crippen molar-refractivity contribution in [1.82, 2.24) is 25.6 Å². The molecule has 1 atom stereocenters. The summed E-state index contributed by atoms with van der Waals surface area (Å²) in [6.45, 7) is 7.01. The number of carbonyl (C=O) groups excluding carboxylic acids is 2. The molecule has 4 heterocycles. The molecule has 2 amide bonds. The number of nitrogens with zero attached hydrogens (tertiary/aromatic N) is 4. The van der Waals surface area contributed by atoms with Gasteiger partial charge in [0.25, 0.3) is 5.91 Å². The number of aromatic nitrogens is 3. The zero-order valence-corrected chi connectivity index (χ0v) is 20.9. The van der Waals surface area contributed by atoms with E-state index >= 15 is 0 Å². The lowest BCUT2D eigenvalue weighted by Crippen LogP contribution is -2.30. The van der Waals surface area contributed by atoms with E-state index in [0.717, 1.165) is 15.6 Å². The second-order valence-corrected chi connectivity index (χ2v) is 9.25. The van der Waals surface area contributed by atoms with Gasteiger partial charge in [-0.1, -0.05) is 46.0 Å². The Bertz CT molecular complexity index is 1040. The molecule has 1 unspecified atom stereocenters. The van der Waals surface area contributed by atoms with Crippen LogP contribution in [-0.4, -0.2) is 39.0 Å². The van der Waals surface area contributed by atoms with Crippen LogP contribution in [-0.2, 0) is 11.2 Å². The normalized spacial score (nSPS) is 15.1. The second-order valence-electron chi connectivity index (χ2n) is 8.19. The van der Waals surface area contributed by atoms with Gasteiger partial charge in [0.05, 0.1) is 23.2 Å². The number of hydrogen-bond acceptors (Lipinski definition) is 8. The Hall–Kier alpha value is -3.14. The molecule has 0 radical (unpaired) electrons. The summed E-state index contributed by atoms with van der Waals surface area (Å²) in [4.78, 5) is 42.1. The molecule has 2 aliphatic heterocycles. The minimum atomic E-state index is -0.311. The summed E-state index contributed by atoms with van der Waals surface area (Å²) in [5.41, 5.74) is 1.87. The largest absolute Gasteiger partial charge is 0.384 e. The van der Waals surface area contributed by atoms with E-state index in [2.05, 4.69) is 49.7 Å². The monoisotopic (exact) mass is 483 g/mol. The predicted molar refractivity (Wildman–Crippen MR) is 135 cm³/mol. The number of rotatable bonds is 8. The molecule has 34 heavy (non-hydrogen) atoms. The number of nitrogens with one attached hydrogen (secondary N) is 3. The fraction of sp³-hybridized carbons (Fsp3) is 0.500. The highest BCUT2D eigenvalue weighted by atomic mass is 32.1. The van der Waals surface area contributed by atoms with Crippen LogP contribution in [0.25, 0.3) is 0 Å². The Morgan fingerprint density at radius 3 is 2.65 bits per heavy atom. The van der Waals surface area contributed by atoms with Crippen molar-refractivity contribution in [3.05, 3.63) is 46.1 Å². The topological polar surface area (TPSA) is 121 Å². The highest BCUT2D eigenvalue weighted by Gasteiger charge is 2.25. The van der Waals surface area contributed by atoms with Crippen molar-refractivity contribution < 1.29 is 9.59 Å². The third kappa shape index (κ3) is 6.93. The zero-order valence-electron chi connectivity index (χ0n) is 20.1. The third-order valence-corrected chi connectivity index (χ3v) is 6.67. The van der Waals surface area contributed by atoms with Gasteiger partial charge in [0.2, 0.25) is 5.91 Å². The van der Waals surface area contributed by atoms with Crippen molar-refractivity contribution in [1.29, 1.82) is 0 Å². The van der Waals surface area contributed by atoms with E-state index in [1.165, 1.54) is 49.8 Å². The molecule has 9 nitrogen and oxygen atoms in total. The van der Waals surface area contributed by atoms with Crippen LogP contribution in [0.1, 0.15) is 91.3 Å². The van der Waals surface area contributed by atoms with E-state index in [9.17, 15) is 9.59 Å². The van der Waals surface area contributed by atoms with Crippen LogP contribution in [0.15, 0.2) is 29.9 Å². The van der Waals surface area contributed by atoms with E-state index in [4.69, 9.17) is 0 Å². The quantitative estimate of drug-likeness (QED) is 0.485. The predicted octanol–water partition coefficient (Wildman–Crippen LogP) is 4.15. The van der Waals surface area contributed by atoms with Crippen molar-refractivity contribution in [2.45, 2.75) is 71.8 Å². The Labute approximate surface area is 204 Å². The molecular weight excluding hydrogens is 450 g/mol. The van der Waals surface area contributed by atoms with Gasteiger partial charge in [0.1, 0.15) is 22.8 Å². The highest BCUT2D eigenvalue weighted by Crippen LogP contribution is 2.24. The smallest absolute Gasteiger partial charge is 0.270 e. The highest BCUT2D eigenvalue weighted by molar-refractivity contribution is 7.13. The molecule has 0 bridgehead atoms. The van der Waals surface area contributed by atoms with Crippen LogP contribution in [0.2, 0.25) is 0 Å². The minimum absolute atomic E-state index is 0.105. The summed E-state index contributed by atoms with van der Waals surface area (Å²) in [6.07, 6.45) is 14.3. The first-order valence-corrected chi connectivity index (χ1v) is 12.7. The number of unbranched alkanes of at least 4 members (excludes halogenated alkanes) is 4. The molecule has 0 saturated carbocycles. The first-order chi connectivity index (χ1) is 16.5. The fourth-order valence-corrected chi connectivity index (χ4v) is 4.46. The fourth-order valence-electron chi connectivity index (χ4n) is 3.54. The van der Waals surface area contributed by atoms with E-state index in [1.54, 1.807) is 18.6 Å². The number of anilines is 1. The number of hydrogen-bond donors (Lipinski definition) is 3.